The van der Waals surface area contributed by atoms with Gasteiger partial charge in [0.1, 0.15) is 5.60 Å². The maximum absolute atomic E-state index is 11.5. The van der Waals surface area contributed by atoms with Crippen molar-refractivity contribution in [1.82, 2.24) is 10.6 Å². The Bertz CT molecular complexity index is 223. The van der Waals surface area contributed by atoms with Crippen LogP contribution in [0.15, 0.2) is 0 Å². The molecule has 0 saturated carbocycles. The minimum atomic E-state index is -0.414. The Morgan fingerprint density at radius 1 is 1.47 bits per heavy atom. The Balaban J connectivity index is 2.31. The summed E-state index contributed by atoms with van der Waals surface area (Å²) < 4.78 is 5.21. The number of ether oxygens (including phenoxy) is 1. The number of carbonyl (C=O) groups is 1. The van der Waals surface area contributed by atoms with E-state index in [1.807, 2.05) is 20.8 Å². The summed E-state index contributed by atoms with van der Waals surface area (Å²) in [5.74, 6) is 0. The molecule has 1 heterocycles. The van der Waals surface area contributed by atoms with Crippen LogP contribution in [-0.2, 0) is 4.74 Å². The number of carbonyl (C=O) groups excluding carboxylic acids is 1. The molecule has 1 rings (SSSR count). The molecule has 88 valence electrons. The molecule has 15 heavy (non-hydrogen) atoms. The molecule has 0 radical (unpaired) electrons. The van der Waals surface area contributed by atoms with Gasteiger partial charge in [0.25, 0.3) is 0 Å². The van der Waals surface area contributed by atoms with E-state index in [1.165, 1.54) is 0 Å². The molecule has 0 aromatic heterocycles. The highest BCUT2D eigenvalue weighted by atomic mass is 16.6. The van der Waals surface area contributed by atoms with Gasteiger partial charge >= 0.3 is 6.09 Å². The van der Waals surface area contributed by atoms with Crippen LogP contribution >= 0.6 is 0 Å². The van der Waals surface area contributed by atoms with Crippen molar-refractivity contribution in [3.63, 3.8) is 0 Å². The quantitative estimate of drug-likeness (QED) is 0.698. The van der Waals surface area contributed by atoms with E-state index in [4.69, 9.17) is 4.74 Å². The normalized spacial score (nSPS) is 27.2. The third-order valence-electron chi connectivity index (χ3n) is 2.34. The van der Waals surface area contributed by atoms with Gasteiger partial charge in [-0.25, -0.2) is 4.79 Å². The van der Waals surface area contributed by atoms with Gasteiger partial charge in [-0.3, -0.25) is 0 Å². The lowest BCUT2D eigenvalue weighted by Gasteiger charge is -2.29. The van der Waals surface area contributed by atoms with Crippen molar-refractivity contribution < 1.29 is 9.53 Å². The second kappa shape index (κ2) is 4.84. The fourth-order valence-electron chi connectivity index (χ4n) is 1.74. The largest absolute Gasteiger partial charge is 0.444 e. The van der Waals surface area contributed by atoms with E-state index in [0.717, 1.165) is 19.4 Å². The first kappa shape index (κ1) is 12.3. The zero-order valence-electron chi connectivity index (χ0n) is 10.1. The van der Waals surface area contributed by atoms with E-state index in [2.05, 4.69) is 17.6 Å². The fraction of sp³-hybridized carbons (Fsp3) is 0.909. The lowest BCUT2D eigenvalue weighted by molar-refractivity contribution is 0.0491. The maximum Gasteiger partial charge on any atom is 0.407 e. The topological polar surface area (TPSA) is 50.4 Å². The maximum atomic E-state index is 11.5. The van der Waals surface area contributed by atoms with Crippen molar-refractivity contribution in [2.75, 3.05) is 6.54 Å². The van der Waals surface area contributed by atoms with Gasteiger partial charge in [0.2, 0.25) is 0 Å². The Labute approximate surface area is 91.8 Å². The summed E-state index contributed by atoms with van der Waals surface area (Å²) in [5.41, 5.74) is -0.414. The molecule has 1 aliphatic rings. The molecule has 0 spiro atoms. The highest BCUT2D eigenvalue weighted by molar-refractivity contribution is 5.68. The van der Waals surface area contributed by atoms with Crippen LogP contribution in [0.3, 0.4) is 0 Å². The van der Waals surface area contributed by atoms with Gasteiger partial charge in [-0.1, -0.05) is 0 Å². The smallest absolute Gasteiger partial charge is 0.407 e. The van der Waals surface area contributed by atoms with E-state index in [9.17, 15) is 4.79 Å². The van der Waals surface area contributed by atoms with Crippen molar-refractivity contribution in [2.45, 2.75) is 58.2 Å². The monoisotopic (exact) mass is 214 g/mol. The molecule has 1 amide bonds. The van der Waals surface area contributed by atoms with Crippen LogP contribution in [0.1, 0.15) is 40.5 Å². The number of nitrogens with one attached hydrogen (secondary N) is 2. The Hall–Kier alpha value is -0.770. The highest BCUT2D eigenvalue weighted by Gasteiger charge is 2.22. The summed E-state index contributed by atoms with van der Waals surface area (Å²) in [4.78, 5) is 11.5. The molecule has 0 unspecified atom stereocenters. The molecule has 0 aromatic carbocycles. The summed E-state index contributed by atoms with van der Waals surface area (Å²) in [5, 5.41) is 6.25. The average molecular weight is 214 g/mol. The van der Waals surface area contributed by atoms with Crippen LogP contribution < -0.4 is 10.6 Å². The fourth-order valence-corrected chi connectivity index (χ4v) is 1.74. The predicted octanol–water partition coefficient (Wildman–Crippen LogP) is 1.65. The third-order valence-corrected chi connectivity index (χ3v) is 2.34. The number of hydrogen-bond donors (Lipinski definition) is 2. The first-order valence-corrected chi connectivity index (χ1v) is 5.60. The molecule has 1 saturated heterocycles. The zero-order valence-corrected chi connectivity index (χ0v) is 10.1. The van der Waals surface area contributed by atoms with Crippen LogP contribution in [0.4, 0.5) is 4.79 Å². The van der Waals surface area contributed by atoms with E-state index in [-0.39, 0.29) is 12.1 Å². The van der Waals surface area contributed by atoms with E-state index in [1.54, 1.807) is 0 Å². The SMILES string of the molecule is C[C@H]1C[C@@H](NC(=O)OC(C)(C)C)CCN1. The summed E-state index contributed by atoms with van der Waals surface area (Å²) in [6.45, 7) is 8.71. The highest BCUT2D eigenvalue weighted by Crippen LogP contribution is 2.11. The van der Waals surface area contributed by atoms with Gasteiger partial charge in [-0.2, -0.15) is 0 Å². The van der Waals surface area contributed by atoms with Crippen LogP contribution in [0.2, 0.25) is 0 Å². The number of hydrogen-bond acceptors (Lipinski definition) is 3. The van der Waals surface area contributed by atoms with Crippen molar-refractivity contribution in [3.05, 3.63) is 0 Å². The zero-order chi connectivity index (χ0) is 11.5. The molecule has 2 atom stereocenters. The minimum absolute atomic E-state index is 0.246. The molecule has 0 aliphatic carbocycles. The van der Waals surface area contributed by atoms with E-state index < -0.39 is 5.60 Å². The van der Waals surface area contributed by atoms with Crippen LogP contribution in [0, 0.1) is 0 Å². The van der Waals surface area contributed by atoms with Gasteiger partial charge in [-0.15, -0.1) is 0 Å². The molecule has 4 heteroatoms. The number of piperidine rings is 1. The standard InChI is InChI=1S/C11H22N2O2/c1-8-7-9(5-6-12-8)13-10(14)15-11(2,3)4/h8-9,12H,5-7H2,1-4H3,(H,13,14)/t8-,9-/m0/s1. The molecule has 1 fully saturated rings. The van der Waals surface area contributed by atoms with Crippen LogP contribution in [0.25, 0.3) is 0 Å². The van der Waals surface area contributed by atoms with Gasteiger partial charge in [-0.05, 0) is 47.1 Å². The molecular formula is C11H22N2O2. The molecule has 0 bridgehead atoms. The average Bonchev–Trinajstić information content (AvgIpc) is 1.99. The van der Waals surface area contributed by atoms with Gasteiger partial charge < -0.3 is 15.4 Å². The second-order valence-electron chi connectivity index (χ2n) is 5.22. The lowest BCUT2D eigenvalue weighted by atomic mass is 10.0. The molecule has 1 aliphatic heterocycles. The van der Waals surface area contributed by atoms with Crippen molar-refractivity contribution in [3.8, 4) is 0 Å². The van der Waals surface area contributed by atoms with Gasteiger partial charge in [0.05, 0.1) is 0 Å². The first-order chi connectivity index (χ1) is 6.87. The van der Waals surface area contributed by atoms with Gasteiger partial charge in [0.15, 0.2) is 0 Å². The third kappa shape index (κ3) is 5.02. The van der Waals surface area contributed by atoms with E-state index in [0.29, 0.717) is 6.04 Å². The van der Waals surface area contributed by atoms with Crippen molar-refractivity contribution in [1.29, 1.82) is 0 Å². The minimum Gasteiger partial charge on any atom is -0.444 e. The lowest BCUT2D eigenvalue weighted by Crippen LogP contribution is -2.47. The molecule has 4 nitrogen and oxygen atoms in total. The van der Waals surface area contributed by atoms with Crippen molar-refractivity contribution >= 4 is 6.09 Å². The summed E-state index contributed by atoms with van der Waals surface area (Å²) in [6.07, 6.45) is 1.64. The predicted molar refractivity (Wildman–Crippen MR) is 59.9 cm³/mol. The van der Waals surface area contributed by atoms with Crippen molar-refractivity contribution in [2.24, 2.45) is 0 Å². The Morgan fingerprint density at radius 3 is 2.67 bits per heavy atom. The summed E-state index contributed by atoms with van der Waals surface area (Å²) >= 11 is 0. The van der Waals surface area contributed by atoms with Gasteiger partial charge in [0, 0.05) is 12.1 Å². The van der Waals surface area contributed by atoms with Crippen LogP contribution in [0.5, 0.6) is 0 Å². The van der Waals surface area contributed by atoms with Crippen LogP contribution in [-0.4, -0.2) is 30.3 Å². The molecule has 0 aromatic rings. The summed E-state index contributed by atoms with van der Waals surface area (Å²) in [7, 11) is 0. The number of rotatable bonds is 1. The number of amides is 1. The first-order valence-electron chi connectivity index (χ1n) is 5.60. The van der Waals surface area contributed by atoms with E-state index >= 15 is 0 Å². The number of alkyl carbamates (subject to hydrolysis) is 1. The molecular weight excluding hydrogens is 192 g/mol. The molecule has 2 N–H and O–H groups in total. The Morgan fingerprint density at radius 2 is 2.13 bits per heavy atom. The second-order valence-corrected chi connectivity index (χ2v) is 5.22. The summed E-state index contributed by atoms with van der Waals surface area (Å²) in [6, 6.07) is 0.717. The Kier molecular flexibility index (Phi) is 3.97.